The van der Waals surface area contributed by atoms with Crippen LogP contribution in [0.25, 0.3) is 11.3 Å². The molecule has 8 nitrogen and oxygen atoms in total. The van der Waals surface area contributed by atoms with E-state index in [1.54, 1.807) is 0 Å². The highest BCUT2D eigenvalue weighted by Crippen LogP contribution is 2.42. The van der Waals surface area contributed by atoms with Crippen LogP contribution in [0.4, 0.5) is 32.0 Å². The van der Waals surface area contributed by atoms with E-state index in [2.05, 4.69) is 10.3 Å². The molecule has 0 aliphatic carbocycles. The first-order valence-corrected chi connectivity index (χ1v) is 13.9. The molecule has 0 bridgehead atoms. The normalized spacial score (nSPS) is 18.5. The van der Waals surface area contributed by atoms with Crippen molar-refractivity contribution in [2.45, 2.75) is 42.2 Å². The number of fused-ring (bicyclic) bond motifs is 1. The Hall–Kier alpha value is -3.85. The monoisotopic (exact) mass is 615 g/mol. The number of nitrogens with one attached hydrogen (secondary N) is 1. The first kappa shape index (κ1) is 29.6. The zero-order chi connectivity index (χ0) is 30.5. The van der Waals surface area contributed by atoms with Gasteiger partial charge in [-0.25, -0.2) is 13.4 Å². The van der Waals surface area contributed by atoms with Gasteiger partial charge in [-0.2, -0.15) is 26.3 Å². The van der Waals surface area contributed by atoms with E-state index in [4.69, 9.17) is 9.47 Å². The number of hydrogen-bond acceptors (Lipinski definition) is 6. The van der Waals surface area contributed by atoms with Crippen molar-refractivity contribution in [2.24, 2.45) is 0 Å². The lowest BCUT2D eigenvalue weighted by Gasteiger charge is -2.45. The van der Waals surface area contributed by atoms with Crippen molar-refractivity contribution < 1.29 is 49.0 Å². The fraction of sp³-hybridized carbons (Fsp3) is 0.333. The maximum Gasteiger partial charge on any atom is 0.433 e. The number of halogens is 6. The van der Waals surface area contributed by atoms with Gasteiger partial charge in [-0.1, -0.05) is 12.1 Å². The van der Waals surface area contributed by atoms with E-state index < -0.39 is 50.2 Å². The number of ether oxygens (including phenoxy) is 2. The van der Waals surface area contributed by atoms with Gasteiger partial charge >= 0.3 is 12.4 Å². The fourth-order valence-corrected chi connectivity index (χ4v) is 6.46. The van der Waals surface area contributed by atoms with E-state index in [9.17, 15) is 39.6 Å². The van der Waals surface area contributed by atoms with Gasteiger partial charge in [0, 0.05) is 18.9 Å². The third-order valence-electron chi connectivity index (χ3n) is 6.79. The molecule has 42 heavy (non-hydrogen) atoms. The Morgan fingerprint density at radius 3 is 2.36 bits per heavy atom. The Balaban J connectivity index is 1.59. The highest BCUT2D eigenvalue weighted by atomic mass is 32.2. The van der Waals surface area contributed by atoms with Gasteiger partial charge in [-0.15, -0.1) is 0 Å². The molecule has 3 aromatic rings. The molecule has 3 heterocycles. The van der Waals surface area contributed by atoms with Crippen LogP contribution in [0.2, 0.25) is 0 Å². The average Bonchev–Trinajstić information content (AvgIpc) is 2.90. The third kappa shape index (κ3) is 5.88. The summed E-state index contributed by atoms with van der Waals surface area (Å²) in [5.74, 6) is -0.322. The van der Waals surface area contributed by atoms with Crippen molar-refractivity contribution in [2.75, 3.05) is 24.1 Å². The minimum absolute atomic E-state index is 0.0238. The van der Waals surface area contributed by atoms with E-state index in [0.717, 1.165) is 34.6 Å². The van der Waals surface area contributed by atoms with Crippen LogP contribution in [0, 0.1) is 0 Å². The number of aromatic nitrogens is 1. The predicted molar refractivity (Wildman–Crippen MR) is 137 cm³/mol. The minimum atomic E-state index is -4.81. The molecule has 0 spiro atoms. The van der Waals surface area contributed by atoms with E-state index in [1.807, 2.05) is 0 Å². The predicted octanol–water partition coefficient (Wildman–Crippen LogP) is 5.04. The second-order valence-electron chi connectivity index (χ2n) is 10.0. The maximum absolute atomic E-state index is 13.9. The van der Waals surface area contributed by atoms with E-state index >= 15 is 0 Å². The molecule has 5 rings (SSSR count). The van der Waals surface area contributed by atoms with Crippen LogP contribution in [0.1, 0.15) is 24.6 Å². The van der Waals surface area contributed by atoms with Crippen LogP contribution in [-0.4, -0.2) is 50.7 Å². The summed E-state index contributed by atoms with van der Waals surface area (Å²) in [5.41, 5.74) is -3.27. The minimum Gasteiger partial charge on any atom is -0.486 e. The standard InChI is InChI=1S/C27H23F6N3O5S/c1-16(37)35-25(14-40-15-25)12-19-13-36(42(38,39)20-5-2-4-18(11-20)26(28,29)30)22-10-17(8-9-23(22)41-19)21-6-3-7-24(34-21)27(31,32)33/h2-11,19H,12-15H2,1H3,(H,35,37)/t19-/m0/s1. The Morgan fingerprint density at radius 2 is 1.74 bits per heavy atom. The number of benzene rings is 2. The summed E-state index contributed by atoms with van der Waals surface area (Å²) in [5, 5.41) is 2.78. The number of carbonyl (C=O) groups is 1. The Morgan fingerprint density at radius 1 is 1.02 bits per heavy atom. The van der Waals surface area contributed by atoms with Crippen molar-refractivity contribution in [3.63, 3.8) is 0 Å². The molecule has 1 aromatic heterocycles. The number of pyridine rings is 1. The third-order valence-corrected chi connectivity index (χ3v) is 8.57. The van der Waals surface area contributed by atoms with Crippen molar-refractivity contribution in [1.82, 2.24) is 10.3 Å². The molecule has 224 valence electrons. The van der Waals surface area contributed by atoms with Crippen molar-refractivity contribution in [3.05, 3.63) is 71.9 Å². The van der Waals surface area contributed by atoms with Gasteiger partial charge in [-0.3, -0.25) is 9.10 Å². The van der Waals surface area contributed by atoms with Crippen molar-refractivity contribution in [3.8, 4) is 17.0 Å². The Kier molecular flexibility index (Phi) is 7.38. The SMILES string of the molecule is CC(=O)NC1(C[C@H]2CN(S(=O)(=O)c3cccc(C(F)(F)F)c3)c3cc(-c4cccc(C(F)(F)F)n4)ccc3O2)COC1. The molecule has 1 N–H and O–H groups in total. The number of anilines is 1. The molecule has 15 heteroatoms. The summed E-state index contributed by atoms with van der Waals surface area (Å²) in [7, 11) is -4.65. The van der Waals surface area contributed by atoms with Gasteiger partial charge in [0.2, 0.25) is 5.91 Å². The second-order valence-corrected chi connectivity index (χ2v) is 11.9. The van der Waals surface area contributed by atoms with Crippen LogP contribution >= 0.6 is 0 Å². The summed E-state index contributed by atoms with van der Waals surface area (Å²) in [4.78, 5) is 14.8. The Labute approximate surface area is 236 Å². The topological polar surface area (TPSA) is 97.8 Å². The van der Waals surface area contributed by atoms with Crippen LogP contribution in [0.3, 0.4) is 0 Å². The zero-order valence-electron chi connectivity index (χ0n) is 21.8. The molecule has 1 amide bonds. The quantitative estimate of drug-likeness (QED) is 0.391. The average molecular weight is 616 g/mol. The number of nitrogens with zero attached hydrogens (tertiary/aromatic N) is 2. The van der Waals surface area contributed by atoms with Crippen molar-refractivity contribution in [1.29, 1.82) is 0 Å². The first-order valence-electron chi connectivity index (χ1n) is 12.5. The number of amides is 1. The molecule has 2 aliphatic heterocycles. The molecular weight excluding hydrogens is 592 g/mol. The molecule has 0 saturated carbocycles. The lowest BCUT2D eigenvalue weighted by atomic mass is 9.89. The molecule has 1 saturated heterocycles. The van der Waals surface area contributed by atoms with Gasteiger partial charge < -0.3 is 14.8 Å². The summed E-state index contributed by atoms with van der Waals surface area (Å²) >= 11 is 0. The molecular formula is C27H23F6N3O5S. The van der Waals surface area contributed by atoms with E-state index in [0.29, 0.717) is 6.07 Å². The molecule has 0 unspecified atom stereocenters. The van der Waals surface area contributed by atoms with E-state index in [-0.39, 0.29) is 54.8 Å². The maximum atomic E-state index is 13.9. The largest absolute Gasteiger partial charge is 0.486 e. The van der Waals surface area contributed by atoms with Gasteiger partial charge in [0.1, 0.15) is 17.5 Å². The van der Waals surface area contributed by atoms with Gasteiger partial charge in [0.25, 0.3) is 10.0 Å². The molecule has 2 aromatic carbocycles. The first-order chi connectivity index (χ1) is 19.6. The van der Waals surface area contributed by atoms with E-state index in [1.165, 1.54) is 31.2 Å². The van der Waals surface area contributed by atoms with Crippen LogP contribution < -0.4 is 14.4 Å². The summed E-state index contributed by atoms with van der Waals surface area (Å²) < 4.78 is 120. The second kappa shape index (κ2) is 10.5. The fourth-order valence-electron chi connectivity index (χ4n) is 4.92. The highest BCUT2D eigenvalue weighted by Gasteiger charge is 2.45. The molecule has 0 radical (unpaired) electrons. The van der Waals surface area contributed by atoms with Crippen molar-refractivity contribution >= 4 is 21.6 Å². The van der Waals surface area contributed by atoms with Gasteiger partial charge in [-0.05, 0) is 48.5 Å². The summed E-state index contributed by atoms with van der Waals surface area (Å²) in [6.45, 7) is 1.22. The summed E-state index contributed by atoms with van der Waals surface area (Å²) in [6.07, 6.45) is -10.3. The lowest BCUT2D eigenvalue weighted by Crippen LogP contribution is -2.64. The van der Waals surface area contributed by atoms with Crippen LogP contribution in [-0.2, 0) is 31.9 Å². The number of carbonyl (C=O) groups excluding carboxylic acids is 1. The van der Waals surface area contributed by atoms with Crippen LogP contribution in [0.15, 0.2) is 65.6 Å². The molecule has 2 aliphatic rings. The molecule has 1 fully saturated rings. The van der Waals surface area contributed by atoms with Gasteiger partial charge in [0.05, 0.1) is 47.1 Å². The lowest BCUT2D eigenvalue weighted by molar-refractivity contribution is -0.141. The number of rotatable bonds is 6. The highest BCUT2D eigenvalue weighted by molar-refractivity contribution is 7.92. The molecule has 1 atom stereocenters. The number of hydrogen-bond donors (Lipinski definition) is 1. The summed E-state index contributed by atoms with van der Waals surface area (Å²) in [6, 6.07) is 10.5. The smallest absolute Gasteiger partial charge is 0.433 e. The zero-order valence-corrected chi connectivity index (χ0v) is 22.6. The Bertz CT molecular complexity index is 1620. The van der Waals surface area contributed by atoms with Gasteiger partial charge in [0.15, 0.2) is 0 Å². The number of alkyl halides is 6. The van der Waals surface area contributed by atoms with Crippen LogP contribution in [0.5, 0.6) is 5.75 Å². The number of sulfonamides is 1.